The van der Waals surface area contributed by atoms with Crippen LogP contribution in [-0.4, -0.2) is 5.78 Å². The molecule has 16 heavy (non-hydrogen) atoms. The highest BCUT2D eigenvalue weighted by Crippen LogP contribution is 2.22. The zero-order valence-corrected chi connectivity index (χ0v) is 9.61. The first-order valence-electron chi connectivity index (χ1n) is 6.15. The molecule has 84 valence electrons. The standard InChI is InChI=1S/C15H18O/c16-15(14-10-6-3-7-11-14)12-13-8-4-1-2-5-9-13/h3,6-7,10-12H,1-2,4-5,8-9H2. The molecule has 0 saturated heterocycles. The van der Waals surface area contributed by atoms with Gasteiger partial charge < -0.3 is 0 Å². The van der Waals surface area contributed by atoms with E-state index in [0.717, 1.165) is 18.4 Å². The highest BCUT2D eigenvalue weighted by molar-refractivity contribution is 6.04. The minimum atomic E-state index is 0.164. The third kappa shape index (κ3) is 3.06. The number of hydrogen-bond donors (Lipinski definition) is 0. The molecule has 0 spiro atoms. The molecule has 1 saturated carbocycles. The summed E-state index contributed by atoms with van der Waals surface area (Å²) in [6, 6.07) is 9.54. The first-order chi connectivity index (χ1) is 7.86. The lowest BCUT2D eigenvalue weighted by Crippen LogP contribution is -1.96. The van der Waals surface area contributed by atoms with Crippen molar-refractivity contribution in [1.82, 2.24) is 0 Å². The monoisotopic (exact) mass is 214 g/mol. The van der Waals surface area contributed by atoms with Crippen LogP contribution in [0, 0.1) is 0 Å². The number of ketones is 1. The molecule has 1 aromatic carbocycles. The van der Waals surface area contributed by atoms with Gasteiger partial charge in [-0.1, -0.05) is 48.7 Å². The maximum atomic E-state index is 11.9. The van der Waals surface area contributed by atoms with E-state index >= 15 is 0 Å². The van der Waals surface area contributed by atoms with E-state index in [9.17, 15) is 4.79 Å². The summed E-state index contributed by atoms with van der Waals surface area (Å²) in [4.78, 5) is 11.9. The predicted octanol–water partition coefficient (Wildman–Crippen LogP) is 4.15. The number of allylic oxidation sites excluding steroid dienone is 2. The second-order valence-corrected chi connectivity index (χ2v) is 4.45. The van der Waals surface area contributed by atoms with Crippen molar-refractivity contribution < 1.29 is 4.79 Å². The van der Waals surface area contributed by atoms with Crippen LogP contribution in [0.25, 0.3) is 0 Å². The van der Waals surface area contributed by atoms with Gasteiger partial charge in [-0.2, -0.15) is 0 Å². The Morgan fingerprint density at radius 3 is 2.19 bits per heavy atom. The second-order valence-electron chi connectivity index (χ2n) is 4.45. The maximum absolute atomic E-state index is 11.9. The van der Waals surface area contributed by atoms with Gasteiger partial charge in [0.05, 0.1) is 0 Å². The highest BCUT2D eigenvalue weighted by Gasteiger charge is 2.07. The van der Waals surface area contributed by atoms with Gasteiger partial charge in [-0.15, -0.1) is 0 Å². The number of carbonyl (C=O) groups excluding carboxylic acids is 1. The molecule has 2 rings (SSSR count). The Morgan fingerprint density at radius 1 is 0.938 bits per heavy atom. The van der Waals surface area contributed by atoms with E-state index in [2.05, 4.69) is 0 Å². The van der Waals surface area contributed by atoms with Crippen LogP contribution >= 0.6 is 0 Å². The molecular formula is C15H18O. The number of rotatable bonds is 2. The molecule has 0 aliphatic heterocycles. The van der Waals surface area contributed by atoms with Gasteiger partial charge in [0.15, 0.2) is 5.78 Å². The van der Waals surface area contributed by atoms with Crippen LogP contribution < -0.4 is 0 Å². The fourth-order valence-electron chi connectivity index (χ4n) is 2.20. The zero-order chi connectivity index (χ0) is 11.2. The summed E-state index contributed by atoms with van der Waals surface area (Å²) in [6.07, 6.45) is 9.20. The minimum Gasteiger partial charge on any atom is -0.289 e. The molecule has 1 aliphatic rings. The van der Waals surface area contributed by atoms with Crippen molar-refractivity contribution in [2.45, 2.75) is 38.5 Å². The van der Waals surface area contributed by atoms with Crippen LogP contribution in [-0.2, 0) is 0 Å². The summed E-state index contributed by atoms with van der Waals surface area (Å²) in [7, 11) is 0. The van der Waals surface area contributed by atoms with Crippen molar-refractivity contribution in [3.8, 4) is 0 Å². The molecule has 0 N–H and O–H groups in total. The molecule has 0 atom stereocenters. The van der Waals surface area contributed by atoms with Crippen molar-refractivity contribution in [2.75, 3.05) is 0 Å². The molecule has 0 aromatic heterocycles. The van der Waals surface area contributed by atoms with Crippen molar-refractivity contribution in [2.24, 2.45) is 0 Å². The van der Waals surface area contributed by atoms with Gasteiger partial charge in [0.25, 0.3) is 0 Å². The van der Waals surface area contributed by atoms with Gasteiger partial charge in [-0.05, 0) is 31.8 Å². The summed E-state index contributed by atoms with van der Waals surface area (Å²) in [5.41, 5.74) is 2.14. The summed E-state index contributed by atoms with van der Waals surface area (Å²) in [5.74, 6) is 0.164. The normalized spacial score (nSPS) is 16.6. The van der Waals surface area contributed by atoms with E-state index in [1.807, 2.05) is 36.4 Å². The Hall–Kier alpha value is -1.37. The lowest BCUT2D eigenvalue weighted by atomic mass is 10.0. The van der Waals surface area contributed by atoms with E-state index in [1.165, 1.54) is 31.3 Å². The Kier molecular flexibility index (Phi) is 3.92. The average molecular weight is 214 g/mol. The number of carbonyl (C=O) groups is 1. The quantitative estimate of drug-likeness (QED) is 0.410. The molecule has 1 nitrogen and oxygen atoms in total. The molecule has 0 amide bonds. The van der Waals surface area contributed by atoms with Crippen LogP contribution in [0.5, 0.6) is 0 Å². The van der Waals surface area contributed by atoms with Gasteiger partial charge in [0.2, 0.25) is 0 Å². The molecule has 0 bridgehead atoms. The Morgan fingerprint density at radius 2 is 1.56 bits per heavy atom. The van der Waals surface area contributed by atoms with Crippen LogP contribution in [0.1, 0.15) is 48.9 Å². The van der Waals surface area contributed by atoms with Gasteiger partial charge >= 0.3 is 0 Å². The van der Waals surface area contributed by atoms with Crippen LogP contribution in [0.2, 0.25) is 0 Å². The fraction of sp³-hybridized carbons (Fsp3) is 0.400. The van der Waals surface area contributed by atoms with Crippen LogP contribution in [0.15, 0.2) is 42.0 Å². The smallest absolute Gasteiger partial charge is 0.185 e. The molecule has 1 aliphatic carbocycles. The summed E-state index contributed by atoms with van der Waals surface area (Å²) in [6.45, 7) is 0. The first-order valence-corrected chi connectivity index (χ1v) is 6.15. The molecular weight excluding hydrogens is 196 g/mol. The van der Waals surface area contributed by atoms with Gasteiger partial charge in [0, 0.05) is 5.56 Å². The summed E-state index contributed by atoms with van der Waals surface area (Å²) in [5, 5.41) is 0. The van der Waals surface area contributed by atoms with Crippen LogP contribution in [0.3, 0.4) is 0 Å². The Bertz CT molecular complexity index is 366. The second kappa shape index (κ2) is 5.64. The van der Waals surface area contributed by atoms with E-state index in [-0.39, 0.29) is 5.78 Å². The first kappa shape index (κ1) is 11.1. The molecule has 0 unspecified atom stereocenters. The lowest BCUT2D eigenvalue weighted by molar-refractivity contribution is 0.104. The molecule has 1 aromatic rings. The van der Waals surface area contributed by atoms with E-state index in [4.69, 9.17) is 0 Å². The van der Waals surface area contributed by atoms with Crippen molar-refractivity contribution in [3.05, 3.63) is 47.5 Å². The summed E-state index contributed by atoms with van der Waals surface area (Å²) >= 11 is 0. The van der Waals surface area contributed by atoms with Crippen LogP contribution in [0.4, 0.5) is 0 Å². The highest BCUT2D eigenvalue weighted by atomic mass is 16.1. The fourth-order valence-corrected chi connectivity index (χ4v) is 2.20. The largest absolute Gasteiger partial charge is 0.289 e. The SMILES string of the molecule is O=C(C=C1CCCCCC1)c1ccccc1. The molecule has 1 heteroatoms. The van der Waals surface area contributed by atoms with Gasteiger partial charge in [-0.3, -0.25) is 4.79 Å². The zero-order valence-electron chi connectivity index (χ0n) is 9.61. The predicted molar refractivity (Wildman–Crippen MR) is 66.6 cm³/mol. The lowest BCUT2D eigenvalue weighted by Gasteiger charge is -2.02. The topological polar surface area (TPSA) is 17.1 Å². The average Bonchev–Trinajstić information content (AvgIpc) is 2.59. The van der Waals surface area contributed by atoms with E-state index in [0.29, 0.717) is 0 Å². The molecule has 0 heterocycles. The van der Waals surface area contributed by atoms with Crippen molar-refractivity contribution in [1.29, 1.82) is 0 Å². The van der Waals surface area contributed by atoms with Crippen molar-refractivity contribution >= 4 is 5.78 Å². The molecule has 1 fully saturated rings. The molecule has 0 radical (unpaired) electrons. The van der Waals surface area contributed by atoms with Gasteiger partial charge in [0.1, 0.15) is 0 Å². The minimum absolute atomic E-state index is 0.164. The van der Waals surface area contributed by atoms with Gasteiger partial charge in [-0.25, -0.2) is 0 Å². The van der Waals surface area contributed by atoms with E-state index in [1.54, 1.807) is 0 Å². The Balaban J connectivity index is 2.08. The third-order valence-electron chi connectivity index (χ3n) is 3.14. The number of hydrogen-bond acceptors (Lipinski definition) is 1. The summed E-state index contributed by atoms with van der Waals surface area (Å²) < 4.78 is 0. The Labute approximate surface area is 97.2 Å². The maximum Gasteiger partial charge on any atom is 0.185 e. The number of benzene rings is 1. The van der Waals surface area contributed by atoms with Crippen molar-refractivity contribution in [3.63, 3.8) is 0 Å². The third-order valence-corrected chi connectivity index (χ3v) is 3.14. The van der Waals surface area contributed by atoms with E-state index < -0.39 is 0 Å².